The van der Waals surface area contributed by atoms with Crippen LogP contribution in [-0.4, -0.2) is 18.6 Å². The van der Waals surface area contributed by atoms with Crippen molar-refractivity contribution in [2.75, 3.05) is 6.61 Å². The molecule has 0 heterocycles. The molecule has 0 radical (unpaired) electrons. The van der Waals surface area contributed by atoms with Gasteiger partial charge in [0.25, 0.3) is 0 Å². The Morgan fingerprint density at radius 2 is 2.21 bits per heavy atom. The zero-order valence-electron chi connectivity index (χ0n) is 9.00. The molecule has 0 amide bonds. The van der Waals surface area contributed by atoms with Crippen molar-refractivity contribution in [1.29, 1.82) is 0 Å². The van der Waals surface area contributed by atoms with Crippen LogP contribution >= 0.6 is 0 Å². The zero-order valence-corrected chi connectivity index (χ0v) is 9.00. The first-order valence-corrected chi connectivity index (χ1v) is 5.66. The monoisotopic (exact) mass is 199 g/mol. The number of esters is 1. The lowest BCUT2D eigenvalue weighted by molar-refractivity contribution is -0.148. The second kappa shape index (κ2) is 6.02. The number of carbonyl (C=O) groups is 1. The van der Waals surface area contributed by atoms with E-state index < -0.39 is 0 Å². The standard InChI is InChI=1S/C11H21NO2/c1-2-3-4-7-14-11(13)9-5-6-10(12)8-9/h9-10H,2-8,12H2,1H3. The van der Waals surface area contributed by atoms with Gasteiger partial charge in [0.2, 0.25) is 0 Å². The summed E-state index contributed by atoms with van der Waals surface area (Å²) in [4.78, 5) is 11.5. The van der Waals surface area contributed by atoms with E-state index >= 15 is 0 Å². The molecule has 2 N–H and O–H groups in total. The van der Waals surface area contributed by atoms with Gasteiger partial charge in [-0.1, -0.05) is 19.8 Å². The van der Waals surface area contributed by atoms with E-state index in [1.165, 1.54) is 0 Å². The number of nitrogens with two attached hydrogens (primary N) is 1. The van der Waals surface area contributed by atoms with Gasteiger partial charge in [0.05, 0.1) is 12.5 Å². The molecule has 0 spiro atoms. The van der Waals surface area contributed by atoms with Crippen molar-refractivity contribution in [3.05, 3.63) is 0 Å². The van der Waals surface area contributed by atoms with E-state index in [1.807, 2.05) is 0 Å². The summed E-state index contributed by atoms with van der Waals surface area (Å²) in [7, 11) is 0. The average molecular weight is 199 g/mol. The Labute approximate surface area is 86.0 Å². The molecule has 0 aromatic heterocycles. The number of unbranched alkanes of at least 4 members (excludes halogenated alkanes) is 2. The summed E-state index contributed by atoms with van der Waals surface area (Å²) in [5.41, 5.74) is 5.73. The molecule has 1 saturated carbocycles. The normalized spacial score (nSPS) is 26.4. The van der Waals surface area contributed by atoms with Gasteiger partial charge in [0.15, 0.2) is 0 Å². The Balaban J connectivity index is 2.09. The quantitative estimate of drug-likeness (QED) is 0.543. The summed E-state index contributed by atoms with van der Waals surface area (Å²) >= 11 is 0. The molecule has 0 bridgehead atoms. The molecule has 2 atom stereocenters. The van der Waals surface area contributed by atoms with Gasteiger partial charge in [0.1, 0.15) is 0 Å². The molecule has 3 heteroatoms. The predicted molar refractivity (Wildman–Crippen MR) is 55.8 cm³/mol. The lowest BCUT2D eigenvalue weighted by Gasteiger charge is -2.09. The fourth-order valence-electron chi connectivity index (χ4n) is 1.87. The topological polar surface area (TPSA) is 52.3 Å². The van der Waals surface area contributed by atoms with Crippen molar-refractivity contribution in [2.24, 2.45) is 11.7 Å². The van der Waals surface area contributed by atoms with E-state index in [9.17, 15) is 4.79 Å². The molecule has 1 aliphatic rings. The highest BCUT2D eigenvalue weighted by Gasteiger charge is 2.28. The molecule has 1 rings (SSSR count). The van der Waals surface area contributed by atoms with Crippen molar-refractivity contribution >= 4 is 5.97 Å². The Morgan fingerprint density at radius 1 is 1.43 bits per heavy atom. The minimum absolute atomic E-state index is 0.0333. The van der Waals surface area contributed by atoms with E-state index in [-0.39, 0.29) is 17.9 Å². The van der Waals surface area contributed by atoms with E-state index in [4.69, 9.17) is 10.5 Å². The van der Waals surface area contributed by atoms with Gasteiger partial charge in [-0.2, -0.15) is 0 Å². The second-order valence-corrected chi connectivity index (χ2v) is 4.14. The SMILES string of the molecule is CCCCCOC(=O)C1CCC(N)C1. The first-order valence-electron chi connectivity index (χ1n) is 5.66. The molecule has 0 aliphatic heterocycles. The third kappa shape index (κ3) is 3.66. The average Bonchev–Trinajstić information content (AvgIpc) is 2.59. The number of hydrogen-bond acceptors (Lipinski definition) is 3. The molecule has 82 valence electrons. The van der Waals surface area contributed by atoms with Crippen LogP contribution in [0.4, 0.5) is 0 Å². The van der Waals surface area contributed by atoms with Crippen molar-refractivity contribution in [2.45, 2.75) is 51.5 Å². The Hall–Kier alpha value is -0.570. The van der Waals surface area contributed by atoms with Gasteiger partial charge < -0.3 is 10.5 Å². The van der Waals surface area contributed by atoms with Gasteiger partial charge in [-0.15, -0.1) is 0 Å². The minimum atomic E-state index is -0.0333. The van der Waals surface area contributed by atoms with Crippen LogP contribution in [-0.2, 0) is 9.53 Å². The number of ether oxygens (including phenoxy) is 1. The molecule has 0 saturated heterocycles. The summed E-state index contributed by atoms with van der Waals surface area (Å²) in [6.07, 6.45) is 5.97. The van der Waals surface area contributed by atoms with E-state index in [1.54, 1.807) is 0 Å². The van der Waals surface area contributed by atoms with Crippen LogP contribution < -0.4 is 5.73 Å². The molecule has 0 aromatic rings. The van der Waals surface area contributed by atoms with Crippen LogP contribution in [0.3, 0.4) is 0 Å². The summed E-state index contributed by atoms with van der Waals surface area (Å²) in [6, 6.07) is 0.211. The fourth-order valence-corrected chi connectivity index (χ4v) is 1.87. The molecular weight excluding hydrogens is 178 g/mol. The zero-order chi connectivity index (χ0) is 10.4. The molecule has 0 aromatic carbocycles. The van der Waals surface area contributed by atoms with Gasteiger partial charge >= 0.3 is 5.97 Å². The van der Waals surface area contributed by atoms with Crippen LogP contribution in [0.15, 0.2) is 0 Å². The van der Waals surface area contributed by atoms with Crippen molar-refractivity contribution in [3.8, 4) is 0 Å². The second-order valence-electron chi connectivity index (χ2n) is 4.14. The van der Waals surface area contributed by atoms with Crippen molar-refractivity contribution in [1.82, 2.24) is 0 Å². The lowest BCUT2D eigenvalue weighted by atomic mass is 10.1. The van der Waals surface area contributed by atoms with Crippen LogP contribution in [0.2, 0.25) is 0 Å². The molecule has 1 fully saturated rings. The summed E-state index contributed by atoms with van der Waals surface area (Å²) in [6.45, 7) is 2.72. The first-order chi connectivity index (χ1) is 6.74. The van der Waals surface area contributed by atoms with Gasteiger partial charge in [-0.3, -0.25) is 4.79 Å². The van der Waals surface area contributed by atoms with Crippen LogP contribution in [0.1, 0.15) is 45.4 Å². The number of hydrogen-bond donors (Lipinski definition) is 1. The minimum Gasteiger partial charge on any atom is -0.465 e. The van der Waals surface area contributed by atoms with Gasteiger partial charge in [0, 0.05) is 6.04 Å². The molecule has 14 heavy (non-hydrogen) atoms. The third-order valence-electron chi connectivity index (χ3n) is 2.80. The summed E-state index contributed by atoms with van der Waals surface area (Å²) in [5.74, 6) is 0.0423. The third-order valence-corrected chi connectivity index (χ3v) is 2.80. The molecule has 3 nitrogen and oxygen atoms in total. The molecule has 2 unspecified atom stereocenters. The molecular formula is C11H21NO2. The smallest absolute Gasteiger partial charge is 0.308 e. The fraction of sp³-hybridized carbons (Fsp3) is 0.909. The summed E-state index contributed by atoms with van der Waals surface area (Å²) < 4.78 is 5.18. The van der Waals surface area contributed by atoms with E-state index in [0.29, 0.717) is 6.61 Å². The van der Waals surface area contributed by atoms with E-state index in [2.05, 4.69) is 6.92 Å². The lowest BCUT2D eigenvalue weighted by Crippen LogP contribution is -2.19. The van der Waals surface area contributed by atoms with Gasteiger partial charge in [-0.05, 0) is 25.7 Å². The highest BCUT2D eigenvalue weighted by molar-refractivity contribution is 5.72. The first kappa shape index (κ1) is 11.5. The summed E-state index contributed by atoms with van der Waals surface area (Å²) in [5, 5.41) is 0. The number of carbonyl (C=O) groups excluding carboxylic acids is 1. The largest absolute Gasteiger partial charge is 0.465 e. The maximum atomic E-state index is 11.5. The highest BCUT2D eigenvalue weighted by Crippen LogP contribution is 2.25. The van der Waals surface area contributed by atoms with Crippen molar-refractivity contribution in [3.63, 3.8) is 0 Å². The van der Waals surface area contributed by atoms with Crippen molar-refractivity contribution < 1.29 is 9.53 Å². The highest BCUT2D eigenvalue weighted by atomic mass is 16.5. The van der Waals surface area contributed by atoms with Crippen LogP contribution in [0.5, 0.6) is 0 Å². The van der Waals surface area contributed by atoms with Crippen LogP contribution in [0, 0.1) is 5.92 Å². The van der Waals surface area contributed by atoms with E-state index in [0.717, 1.165) is 38.5 Å². The molecule has 1 aliphatic carbocycles. The van der Waals surface area contributed by atoms with Gasteiger partial charge in [-0.25, -0.2) is 0 Å². The maximum Gasteiger partial charge on any atom is 0.308 e. The Kier molecular flexibility index (Phi) is 4.94. The predicted octanol–water partition coefficient (Wildman–Crippen LogP) is 1.85. The maximum absolute atomic E-state index is 11.5. The Bertz CT molecular complexity index is 182. The Morgan fingerprint density at radius 3 is 2.79 bits per heavy atom. The van der Waals surface area contributed by atoms with Crippen LogP contribution in [0.25, 0.3) is 0 Å². The number of rotatable bonds is 5.